The summed E-state index contributed by atoms with van der Waals surface area (Å²) >= 11 is 0. The lowest BCUT2D eigenvalue weighted by Crippen LogP contribution is -2.23. The highest BCUT2D eigenvalue weighted by Crippen LogP contribution is 2.32. The summed E-state index contributed by atoms with van der Waals surface area (Å²) in [5.74, 6) is -0.545. The van der Waals surface area contributed by atoms with Gasteiger partial charge in [0, 0.05) is 5.56 Å². The third-order valence-electron chi connectivity index (χ3n) is 4.56. The number of nitrogens with zero attached hydrogens (tertiary/aromatic N) is 3. The maximum atomic E-state index is 12.2. The molecule has 1 saturated carbocycles. The zero-order valence-electron chi connectivity index (χ0n) is 14.0. The van der Waals surface area contributed by atoms with Gasteiger partial charge in [0.1, 0.15) is 12.2 Å². The highest BCUT2D eigenvalue weighted by atomic mass is 16.4. The van der Waals surface area contributed by atoms with Crippen molar-refractivity contribution in [3.63, 3.8) is 0 Å². The summed E-state index contributed by atoms with van der Waals surface area (Å²) in [7, 11) is 0. The molecule has 1 aliphatic carbocycles. The second-order valence-corrected chi connectivity index (χ2v) is 6.44. The van der Waals surface area contributed by atoms with E-state index in [1.807, 2.05) is 24.3 Å². The lowest BCUT2D eigenvalue weighted by atomic mass is 9.84. The van der Waals surface area contributed by atoms with E-state index in [2.05, 4.69) is 15.6 Å². The third-order valence-corrected chi connectivity index (χ3v) is 4.56. The molecule has 1 aliphatic rings. The average molecular weight is 342 g/mol. The molecule has 0 spiro atoms. The molecule has 25 heavy (non-hydrogen) atoms. The molecule has 0 radical (unpaired) electrons. The molecule has 0 unspecified atom stereocenters. The standard InChI is InChI=1S/C18H22N4O3/c23-17(24)12-22-11-16(20-21-22)10-19-18(25)15-8-6-14(7-9-15)13-4-2-1-3-5-13/h6-9,11,13H,1-5,10,12H2,(H,19,25)(H,23,24). The van der Waals surface area contributed by atoms with Crippen molar-refractivity contribution >= 4 is 11.9 Å². The van der Waals surface area contributed by atoms with Crippen LogP contribution < -0.4 is 5.32 Å². The van der Waals surface area contributed by atoms with Crippen molar-refractivity contribution < 1.29 is 14.7 Å². The van der Waals surface area contributed by atoms with Crippen LogP contribution in [-0.4, -0.2) is 32.0 Å². The van der Waals surface area contributed by atoms with Crippen molar-refractivity contribution in [2.75, 3.05) is 0 Å². The molecular formula is C18H22N4O3. The van der Waals surface area contributed by atoms with E-state index in [1.165, 1.54) is 48.5 Å². The number of hydrogen-bond acceptors (Lipinski definition) is 4. The molecule has 1 aromatic carbocycles. The van der Waals surface area contributed by atoms with E-state index in [1.54, 1.807) is 0 Å². The van der Waals surface area contributed by atoms with Crippen LogP contribution >= 0.6 is 0 Å². The molecule has 132 valence electrons. The molecule has 0 atom stereocenters. The molecule has 0 aliphatic heterocycles. The zero-order valence-corrected chi connectivity index (χ0v) is 14.0. The summed E-state index contributed by atoms with van der Waals surface area (Å²) in [6, 6.07) is 7.82. The maximum absolute atomic E-state index is 12.2. The summed E-state index contributed by atoms with van der Waals surface area (Å²) in [6.07, 6.45) is 7.88. The molecule has 0 bridgehead atoms. The van der Waals surface area contributed by atoms with E-state index in [0.717, 1.165) is 0 Å². The predicted molar refractivity (Wildman–Crippen MR) is 91.1 cm³/mol. The van der Waals surface area contributed by atoms with Gasteiger partial charge in [-0.05, 0) is 36.5 Å². The van der Waals surface area contributed by atoms with E-state index in [4.69, 9.17) is 5.11 Å². The van der Waals surface area contributed by atoms with Gasteiger partial charge in [0.2, 0.25) is 0 Å². The fourth-order valence-electron chi connectivity index (χ4n) is 3.25. The van der Waals surface area contributed by atoms with Crippen molar-refractivity contribution in [1.82, 2.24) is 20.3 Å². The fraction of sp³-hybridized carbons (Fsp3) is 0.444. The van der Waals surface area contributed by atoms with Gasteiger partial charge in [-0.1, -0.05) is 36.6 Å². The Labute approximate surface area is 146 Å². The highest BCUT2D eigenvalue weighted by molar-refractivity contribution is 5.94. The average Bonchev–Trinajstić information content (AvgIpc) is 3.07. The molecule has 3 rings (SSSR count). The molecule has 2 aromatic rings. The molecule has 7 heteroatoms. The Morgan fingerprint density at radius 3 is 2.56 bits per heavy atom. The van der Waals surface area contributed by atoms with Crippen LogP contribution in [-0.2, 0) is 17.9 Å². The van der Waals surface area contributed by atoms with Gasteiger partial charge in [-0.25, -0.2) is 4.68 Å². The number of hydrogen-bond donors (Lipinski definition) is 2. The van der Waals surface area contributed by atoms with Crippen LogP contribution in [0.2, 0.25) is 0 Å². The van der Waals surface area contributed by atoms with Crippen molar-refractivity contribution in [1.29, 1.82) is 0 Å². The number of carboxylic acids is 1. The number of rotatable bonds is 6. The second kappa shape index (κ2) is 7.92. The van der Waals surface area contributed by atoms with E-state index < -0.39 is 5.97 Å². The summed E-state index contributed by atoms with van der Waals surface area (Å²) in [4.78, 5) is 22.8. The summed E-state index contributed by atoms with van der Waals surface area (Å²) < 4.78 is 1.22. The third kappa shape index (κ3) is 4.65. The molecule has 1 heterocycles. The molecule has 1 fully saturated rings. The first kappa shape index (κ1) is 17.1. The van der Waals surface area contributed by atoms with Crippen LogP contribution in [0.25, 0.3) is 0 Å². The van der Waals surface area contributed by atoms with E-state index in [9.17, 15) is 9.59 Å². The van der Waals surface area contributed by atoms with E-state index >= 15 is 0 Å². The molecule has 1 aromatic heterocycles. The SMILES string of the molecule is O=C(O)Cn1cc(CNC(=O)c2ccc(C3CCCCC3)cc2)nn1. The van der Waals surface area contributed by atoms with Gasteiger partial charge >= 0.3 is 5.97 Å². The molecule has 1 amide bonds. The number of carbonyl (C=O) groups excluding carboxylic acids is 1. The van der Waals surface area contributed by atoms with E-state index in [0.29, 0.717) is 17.2 Å². The number of carbonyl (C=O) groups is 2. The van der Waals surface area contributed by atoms with Crippen LogP contribution in [0.5, 0.6) is 0 Å². The first-order valence-corrected chi connectivity index (χ1v) is 8.61. The minimum Gasteiger partial charge on any atom is -0.480 e. The van der Waals surface area contributed by atoms with Gasteiger partial charge in [0.15, 0.2) is 0 Å². The number of amides is 1. The number of aliphatic carboxylic acids is 1. The van der Waals surface area contributed by atoms with Gasteiger partial charge in [0.25, 0.3) is 5.91 Å². The Morgan fingerprint density at radius 1 is 1.16 bits per heavy atom. The van der Waals surface area contributed by atoms with Crippen molar-refractivity contribution in [3.05, 3.63) is 47.3 Å². The normalized spacial score (nSPS) is 15.0. The quantitative estimate of drug-likeness (QED) is 0.840. The molecule has 2 N–H and O–H groups in total. The van der Waals surface area contributed by atoms with Crippen LogP contribution in [0.15, 0.2) is 30.5 Å². The van der Waals surface area contributed by atoms with Gasteiger partial charge in [0.05, 0.1) is 12.7 Å². The van der Waals surface area contributed by atoms with Crippen molar-refractivity contribution in [2.24, 2.45) is 0 Å². The van der Waals surface area contributed by atoms with Crippen molar-refractivity contribution in [3.8, 4) is 0 Å². The van der Waals surface area contributed by atoms with E-state index in [-0.39, 0.29) is 19.0 Å². The molecule has 0 saturated heterocycles. The Bertz CT molecular complexity index is 733. The van der Waals surface area contributed by atoms with Crippen LogP contribution in [0.3, 0.4) is 0 Å². The van der Waals surface area contributed by atoms with Gasteiger partial charge in [-0.15, -0.1) is 5.10 Å². The second-order valence-electron chi connectivity index (χ2n) is 6.44. The summed E-state index contributed by atoms with van der Waals surface area (Å²) in [6.45, 7) is -0.0353. The monoisotopic (exact) mass is 342 g/mol. The van der Waals surface area contributed by atoms with Crippen molar-refractivity contribution in [2.45, 2.75) is 51.1 Å². The summed E-state index contributed by atoms with van der Waals surface area (Å²) in [5.41, 5.74) is 2.44. The Kier molecular flexibility index (Phi) is 5.42. The summed E-state index contributed by atoms with van der Waals surface area (Å²) in [5, 5.41) is 19.0. The Balaban J connectivity index is 1.54. The van der Waals surface area contributed by atoms with Crippen LogP contribution in [0.1, 0.15) is 59.6 Å². The number of carboxylic acid groups (broad SMARTS) is 1. The highest BCUT2D eigenvalue weighted by Gasteiger charge is 2.16. The topological polar surface area (TPSA) is 97.1 Å². The Hall–Kier alpha value is -2.70. The smallest absolute Gasteiger partial charge is 0.325 e. The zero-order chi connectivity index (χ0) is 17.6. The predicted octanol–water partition coefficient (Wildman–Crippen LogP) is 2.34. The minimum absolute atomic E-state index is 0.178. The minimum atomic E-state index is -0.987. The lowest BCUT2D eigenvalue weighted by molar-refractivity contribution is -0.137. The van der Waals surface area contributed by atoms with Gasteiger partial charge < -0.3 is 10.4 Å². The van der Waals surface area contributed by atoms with Gasteiger partial charge in [-0.3, -0.25) is 9.59 Å². The number of aromatic nitrogens is 3. The molecular weight excluding hydrogens is 320 g/mol. The maximum Gasteiger partial charge on any atom is 0.325 e. The first-order chi connectivity index (χ1) is 12.1. The largest absolute Gasteiger partial charge is 0.480 e. The van der Waals surface area contributed by atoms with Crippen LogP contribution in [0, 0.1) is 0 Å². The lowest BCUT2D eigenvalue weighted by Gasteiger charge is -2.22. The molecule has 7 nitrogen and oxygen atoms in total. The van der Waals surface area contributed by atoms with Crippen LogP contribution in [0.4, 0.5) is 0 Å². The van der Waals surface area contributed by atoms with Gasteiger partial charge in [-0.2, -0.15) is 0 Å². The number of benzene rings is 1. The first-order valence-electron chi connectivity index (χ1n) is 8.61. The fourth-order valence-corrected chi connectivity index (χ4v) is 3.25. The Morgan fingerprint density at radius 2 is 1.88 bits per heavy atom. The number of nitrogens with one attached hydrogen (secondary N) is 1.